The third kappa shape index (κ3) is 28.7. The van der Waals surface area contributed by atoms with Crippen LogP contribution in [0, 0.1) is 24.6 Å². The molecule has 0 spiro atoms. The van der Waals surface area contributed by atoms with Crippen LogP contribution in [0.2, 0.25) is 0 Å². The van der Waals surface area contributed by atoms with Gasteiger partial charge < -0.3 is 110 Å². The summed E-state index contributed by atoms with van der Waals surface area (Å²) < 4.78 is 98.5. The van der Waals surface area contributed by atoms with E-state index in [0.29, 0.717) is 116 Å². The van der Waals surface area contributed by atoms with Crippen LogP contribution in [0.25, 0.3) is 56.3 Å². The van der Waals surface area contributed by atoms with Gasteiger partial charge in [0.15, 0.2) is 32.7 Å². The van der Waals surface area contributed by atoms with Crippen LogP contribution < -0.4 is 48.5 Å². The second-order valence-electron chi connectivity index (χ2n) is 37.7. The summed E-state index contributed by atoms with van der Waals surface area (Å²) in [7, 11) is -1.87. The number of fused-ring (bicyclic) bond motifs is 5. The fourth-order valence-corrected chi connectivity index (χ4v) is 18.4. The zero-order valence-electron chi connectivity index (χ0n) is 85.5. The van der Waals surface area contributed by atoms with Crippen LogP contribution in [0.1, 0.15) is 157 Å². The number of aryl methyl sites for hydroxylation is 1. The van der Waals surface area contributed by atoms with Crippen molar-refractivity contribution in [1.29, 1.82) is 0 Å². The number of carbonyl (C=O) groups excluding carboxylic acids is 12. The van der Waals surface area contributed by atoms with Gasteiger partial charge in [-0.1, -0.05) is 107 Å². The van der Waals surface area contributed by atoms with Gasteiger partial charge in [0.2, 0.25) is 41.4 Å². The second-order valence-corrected chi connectivity index (χ2v) is 40.2. The van der Waals surface area contributed by atoms with Gasteiger partial charge in [-0.2, -0.15) is 0 Å². The summed E-state index contributed by atoms with van der Waals surface area (Å²) in [5, 5.41) is 34.9. The maximum absolute atomic E-state index is 15.5. The Morgan fingerprint density at radius 3 is 1.70 bits per heavy atom. The van der Waals surface area contributed by atoms with Gasteiger partial charge in [-0.05, 0) is 154 Å². The third-order valence-electron chi connectivity index (χ3n) is 26.0. The van der Waals surface area contributed by atoms with E-state index in [2.05, 4.69) is 52.3 Å². The number of nitrogens with zero attached hydrogens (tertiary/aromatic N) is 8. The molecule has 44 heteroatoms. The first-order valence-electron chi connectivity index (χ1n) is 49.7. The Morgan fingerprint density at radius 2 is 1.15 bits per heavy atom. The van der Waals surface area contributed by atoms with E-state index >= 15 is 4.39 Å². The number of halogens is 1. The van der Waals surface area contributed by atoms with Crippen LogP contribution in [0.15, 0.2) is 148 Å². The maximum atomic E-state index is 15.5. The number of unbranched alkanes of at least 4 members (excludes halogenated alkanes) is 2. The molecular weight excluding hydrogens is 1960 g/mol. The van der Waals surface area contributed by atoms with Crippen LogP contribution in [-0.2, 0) is 145 Å². The number of rotatable bonds is 53. The first-order chi connectivity index (χ1) is 71.8. The largest absolute Gasteiger partial charge is 0.458 e. The van der Waals surface area contributed by atoms with E-state index < -0.39 is 135 Å². The molecule has 7 heterocycles. The number of hydrogen-bond donors (Lipinski definition) is 9. The highest BCUT2D eigenvalue weighted by atomic mass is 32.2. The number of carbonyl (C=O) groups is 12. The number of esters is 1. The number of alkyl carbamates (subject to hydrolysis) is 1. The summed E-state index contributed by atoms with van der Waals surface area (Å²) in [4.78, 5) is 189. The molecule has 800 valence electrons. The van der Waals surface area contributed by atoms with Gasteiger partial charge in [-0.25, -0.2) is 42.1 Å². The molecule has 42 nitrogen and oxygen atoms in total. The van der Waals surface area contributed by atoms with Gasteiger partial charge in [0, 0.05) is 103 Å². The molecule has 6 atom stereocenters. The summed E-state index contributed by atoms with van der Waals surface area (Å²) in [6.07, 6.45) is 5.09. The first-order valence-corrected chi connectivity index (χ1v) is 51.3. The molecule has 0 bridgehead atoms. The van der Waals surface area contributed by atoms with E-state index in [9.17, 15) is 75.9 Å². The van der Waals surface area contributed by atoms with E-state index in [-0.39, 0.29) is 188 Å². The molecule has 4 aromatic heterocycles. The van der Waals surface area contributed by atoms with Crippen molar-refractivity contribution in [3.63, 3.8) is 0 Å². The summed E-state index contributed by atoms with van der Waals surface area (Å²) >= 11 is 0. The Hall–Kier alpha value is -14.7. The molecule has 150 heavy (non-hydrogen) atoms. The lowest BCUT2D eigenvalue weighted by molar-refractivity contribution is -0.172. The minimum atomic E-state index is -3.46. The van der Waals surface area contributed by atoms with Crippen molar-refractivity contribution < 1.29 is 123 Å². The van der Waals surface area contributed by atoms with Gasteiger partial charge in [0.05, 0.1) is 123 Å². The molecule has 0 fully saturated rings. The molecule has 0 unspecified atom stereocenters. The molecule has 9 aromatic rings. The number of nitrogens with one attached hydrogen (secondary N) is 7. The summed E-state index contributed by atoms with van der Waals surface area (Å²) in [6, 6.07) is 26.6. The number of nitrogens with two attached hydrogens (primary N) is 1. The van der Waals surface area contributed by atoms with E-state index in [1.807, 2.05) is 24.3 Å². The third-order valence-corrected chi connectivity index (χ3v) is 28.2. The van der Waals surface area contributed by atoms with Gasteiger partial charge in [0.1, 0.15) is 68.7 Å². The fraction of sp³-hybridized carbons (Fsp3) is 0.443. The molecule has 10 N–H and O–H groups in total. The number of amides is 11. The first kappa shape index (κ1) is 113. The smallest absolute Gasteiger partial charge is 0.410 e. The Kier molecular flexibility index (Phi) is 39.0. The number of benzene rings is 5. The van der Waals surface area contributed by atoms with Crippen molar-refractivity contribution in [1.82, 2.24) is 66.0 Å². The minimum Gasteiger partial charge on any atom is -0.458 e. The van der Waals surface area contributed by atoms with Crippen molar-refractivity contribution in [2.24, 2.45) is 11.8 Å². The number of hydrogen-bond acceptors (Lipinski definition) is 31. The van der Waals surface area contributed by atoms with Gasteiger partial charge in [-0.15, -0.1) is 0 Å². The van der Waals surface area contributed by atoms with Crippen LogP contribution in [0.5, 0.6) is 0 Å². The van der Waals surface area contributed by atoms with Gasteiger partial charge in [0.25, 0.3) is 17.4 Å². The van der Waals surface area contributed by atoms with E-state index in [0.717, 1.165) is 16.0 Å². The summed E-state index contributed by atoms with van der Waals surface area (Å²) in [5.74, 6) is -6.11. The van der Waals surface area contributed by atoms with Crippen LogP contribution in [0.4, 0.5) is 31.2 Å². The molecule has 3 aliphatic heterocycles. The predicted molar refractivity (Wildman–Crippen MR) is 545 cm³/mol. The molecule has 4 aliphatic rings. The lowest BCUT2D eigenvalue weighted by Crippen LogP contribution is -2.54. The van der Waals surface area contributed by atoms with Crippen molar-refractivity contribution in [2.45, 2.75) is 193 Å². The second kappa shape index (κ2) is 52.0. The number of nitrogen functional groups attached to an aromatic ring is 1. The normalized spacial score (nSPS) is 15.3. The number of pyridine rings is 2. The maximum Gasteiger partial charge on any atom is 0.410 e. The number of cyclic esters (lactones) is 1. The van der Waals surface area contributed by atoms with Crippen molar-refractivity contribution in [3.05, 3.63) is 200 Å². The highest BCUT2D eigenvalue weighted by Crippen LogP contribution is 2.47. The molecule has 13 rings (SSSR count). The summed E-state index contributed by atoms with van der Waals surface area (Å²) in [5.41, 5.74) is 12.7. The zero-order chi connectivity index (χ0) is 108. The van der Waals surface area contributed by atoms with E-state index in [1.54, 1.807) is 140 Å². The Morgan fingerprint density at radius 1 is 0.613 bits per heavy atom. The highest BCUT2D eigenvalue weighted by Gasteiger charge is 2.47. The van der Waals surface area contributed by atoms with Crippen molar-refractivity contribution in [2.75, 3.05) is 122 Å². The van der Waals surface area contributed by atoms with Crippen LogP contribution >= 0.6 is 0 Å². The Bertz CT molecular complexity index is 6630. The number of aromatic nitrogens is 5. The van der Waals surface area contributed by atoms with Crippen LogP contribution in [0.3, 0.4) is 0 Å². The predicted octanol–water partition coefficient (Wildman–Crippen LogP) is 9.03. The molecule has 1 aliphatic carbocycles. The molecule has 5 aromatic carbocycles. The van der Waals surface area contributed by atoms with E-state index in [4.69, 9.17) is 57.9 Å². The van der Waals surface area contributed by atoms with Gasteiger partial charge >= 0.3 is 18.2 Å². The lowest BCUT2D eigenvalue weighted by Gasteiger charge is -2.31. The molecule has 0 saturated carbocycles. The number of sulfone groups is 1. The van der Waals surface area contributed by atoms with Crippen molar-refractivity contribution >= 4 is 109 Å². The lowest BCUT2D eigenvalue weighted by atomic mass is 9.81. The average Bonchev–Trinajstić information content (AvgIpc) is 1.52. The zero-order valence-corrected chi connectivity index (χ0v) is 86.3. The quantitative estimate of drug-likeness (QED) is 0.00742. The molecule has 0 saturated heterocycles. The summed E-state index contributed by atoms with van der Waals surface area (Å²) in [6.45, 7) is 17.2. The SMILES string of the molecule is CC[C@@]1(O)C(=O)OCc2c1cc1n(c2=O)Cc2c-1nc1cc(F)c(C)c3c1c2[C@@H](NC(=O)OCc1ccc(NC(=O)[C@H](C)NC(=O)[C@@H](NC(=O)COCCOCCOCCN(CCOCCOCCOCC(=O)N[C@H](C(=O)N[C@@H](C)C(=O)Nc2ccc(COC(=O)N(C)Cc4ccc(-c5cc(-c6nc(-c7ccc(S(=O)(=O)C(C)C)cc7)cnc6N)on5)cc4)cc2)C(C)C)C(=O)CCCCCN2C(=O)C=CC2=O)C(C)C)cc1)CC3. The molecular formula is C106H127FN16O26S. The van der Waals surface area contributed by atoms with Crippen LogP contribution in [-0.4, -0.2) is 260 Å². The number of imide groups is 1. The number of ether oxygens (including phenoxy) is 9. The monoisotopic (exact) mass is 2090 g/mol. The van der Waals surface area contributed by atoms with Crippen molar-refractivity contribution in [3.8, 4) is 45.4 Å². The Balaban J connectivity index is 0.460. The molecule has 0 radical (unpaired) electrons. The average molecular weight is 2090 g/mol. The van der Waals surface area contributed by atoms with Gasteiger partial charge in [-0.3, -0.25) is 52.8 Å². The number of anilines is 3. The standard InChI is InChI=1S/C106H127FN16O26S/c1-12-106(137)78-50-84-95-76(55-123(84)102(133)77(78)58-146-103(106)134)92-80(34-33-75-64(8)79(107)51-82(114-95)91(75)92)116-104(135)147-56-68-19-27-72(28-20-68)112-98(129)65(9)110-100(131)93(61(2)3)117-86(124)59-144-48-46-142-44-42-140-40-38-121(88(126)16-14-13-15-37-122-89(127)35-36-90(122)128)39-41-141-43-45-143-47-49-145-60-87(125)118-94(62(4)5)101(132)111-66(10)99(130)113-73-29-21-69(22-30-73)57-148-105(136)120(11)54-67-17-23-70(24-18-67)81-52-85(149-119-81)96-97(108)109-53-83(115-96)71-25-31-74(32-26-71)150(138,139)63(6)7/h17-32,35-36,50-53,61-63,65-66,80,93-94,137H,12-16,33-34,37-49,54-60H2,1-11H3,(H2,108,109)(H,110,131)(H,111,132)(H,112,129)(H,113,130)(H,116,135)(H,117,124)(H,118,125)/t65-,66-,80-,93-,94-,106-/m0/s1. The molecule has 11 amide bonds. The minimum absolute atomic E-state index is 0.0184. The number of aliphatic hydroxyl groups is 1. The highest BCUT2D eigenvalue weighted by molar-refractivity contribution is 7.92. The Labute approximate surface area is 865 Å². The fourth-order valence-electron chi connectivity index (χ4n) is 17.3. The topological polar surface area (TPSA) is 549 Å². The van der Waals surface area contributed by atoms with E-state index in [1.165, 1.54) is 59.9 Å².